The topological polar surface area (TPSA) is 79.0 Å². The molecule has 1 heterocycles. The molecule has 128 valence electrons. The normalized spacial score (nSPS) is 20.0. The lowest BCUT2D eigenvalue weighted by atomic mass is 10.1. The number of benzene rings is 1. The van der Waals surface area contributed by atoms with Crippen molar-refractivity contribution in [3.8, 4) is 0 Å². The molecule has 0 aromatic heterocycles. The SMILES string of the molecule is CCCN(CC1CC1)C(=O)C1=NN(c2ccccc2)C(C(N)=O)C1. The number of carbonyl (C=O) groups excluding carboxylic acids is 2. The molecule has 2 aliphatic rings. The van der Waals surface area contributed by atoms with E-state index in [-0.39, 0.29) is 12.3 Å². The summed E-state index contributed by atoms with van der Waals surface area (Å²) < 4.78 is 0. The zero-order valence-corrected chi connectivity index (χ0v) is 14.0. The summed E-state index contributed by atoms with van der Waals surface area (Å²) in [7, 11) is 0. The fraction of sp³-hybridized carbons (Fsp3) is 0.500. The van der Waals surface area contributed by atoms with Gasteiger partial charge in [-0.3, -0.25) is 14.6 Å². The summed E-state index contributed by atoms with van der Waals surface area (Å²) in [6.07, 6.45) is 3.57. The largest absolute Gasteiger partial charge is 0.368 e. The third-order valence-corrected chi connectivity index (χ3v) is 4.46. The Morgan fingerprint density at radius 2 is 2.00 bits per heavy atom. The Balaban J connectivity index is 1.81. The summed E-state index contributed by atoms with van der Waals surface area (Å²) in [4.78, 5) is 26.6. The molecule has 2 amide bonds. The second-order valence-corrected chi connectivity index (χ2v) is 6.54. The maximum Gasteiger partial charge on any atom is 0.270 e. The molecular formula is C18H24N4O2. The van der Waals surface area contributed by atoms with E-state index in [1.807, 2.05) is 35.2 Å². The maximum atomic E-state index is 12.9. The molecule has 0 spiro atoms. The number of nitrogens with two attached hydrogens (primary N) is 1. The number of hydrogen-bond donors (Lipinski definition) is 1. The molecular weight excluding hydrogens is 304 g/mol. The lowest BCUT2D eigenvalue weighted by Crippen LogP contribution is -2.41. The van der Waals surface area contributed by atoms with Crippen LogP contribution in [0.2, 0.25) is 0 Å². The number of nitrogens with zero attached hydrogens (tertiary/aromatic N) is 3. The van der Waals surface area contributed by atoms with Crippen molar-refractivity contribution in [2.75, 3.05) is 18.1 Å². The number of anilines is 1. The highest BCUT2D eigenvalue weighted by Crippen LogP contribution is 2.30. The van der Waals surface area contributed by atoms with Crippen molar-refractivity contribution in [1.29, 1.82) is 0 Å². The lowest BCUT2D eigenvalue weighted by molar-refractivity contribution is -0.124. The van der Waals surface area contributed by atoms with Crippen molar-refractivity contribution in [3.05, 3.63) is 30.3 Å². The van der Waals surface area contributed by atoms with Crippen molar-refractivity contribution < 1.29 is 9.59 Å². The molecule has 3 rings (SSSR count). The van der Waals surface area contributed by atoms with Gasteiger partial charge in [-0.15, -0.1) is 0 Å². The molecule has 1 fully saturated rings. The van der Waals surface area contributed by atoms with Gasteiger partial charge in [0.2, 0.25) is 5.91 Å². The summed E-state index contributed by atoms with van der Waals surface area (Å²) in [5, 5.41) is 6.03. The third kappa shape index (κ3) is 3.58. The Hall–Kier alpha value is -2.37. The van der Waals surface area contributed by atoms with Crippen LogP contribution in [0.3, 0.4) is 0 Å². The highest BCUT2D eigenvalue weighted by molar-refractivity contribution is 6.40. The van der Waals surface area contributed by atoms with E-state index in [1.54, 1.807) is 5.01 Å². The van der Waals surface area contributed by atoms with Crippen LogP contribution in [0.4, 0.5) is 5.69 Å². The molecule has 1 aliphatic carbocycles. The van der Waals surface area contributed by atoms with E-state index >= 15 is 0 Å². The fourth-order valence-corrected chi connectivity index (χ4v) is 3.02. The van der Waals surface area contributed by atoms with Gasteiger partial charge >= 0.3 is 0 Å². The number of rotatable bonds is 7. The Bertz CT molecular complexity index is 640. The molecule has 0 saturated heterocycles. The van der Waals surface area contributed by atoms with Crippen LogP contribution in [0.1, 0.15) is 32.6 Å². The first-order valence-electron chi connectivity index (χ1n) is 8.60. The van der Waals surface area contributed by atoms with Crippen molar-refractivity contribution in [1.82, 2.24) is 4.90 Å². The highest BCUT2D eigenvalue weighted by Gasteiger charge is 2.37. The fourth-order valence-electron chi connectivity index (χ4n) is 3.02. The molecule has 0 bridgehead atoms. The molecule has 6 nitrogen and oxygen atoms in total. The van der Waals surface area contributed by atoms with Gasteiger partial charge in [-0.1, -0.05) is 25.1 Å². The summed E-state index contributed by atoms with van der Waals surface area (Å²) in [6.45, 7) is 3.57. The van der Waals surface area contributed by atoms with Gasteiger partial charge in [0.15, 0.2) is 0 Å². The molecule has 24 heavy (non-hydrogen) atoms. The Kier molecular flexibility index (Phi) is 4.83. The van der Waals surface area contributed by atoms with Gasteiger partial charge in [0, 0.05) is 19.5 Å². The van der Waals surface area contributed by atoms with Crippen LogP contribution in [-0.4, -0.2) is 41.6 Å². The first-order chi connectivity index (χ1) is 11.6. The summed E-state index contributed by atoms with van der Waals surface area (Å²) in [6, 6.07) is 8.77. The van der Waals surface area contributed by atoms with E-state index in [0.717, 1.165) is 25.2 Å². The monoisotopic (exact) mass is 328 g/mol. The van der Waals surface area contributed by atoms with Crippen LogP contribution in [0.15, 0.2) is 35.4 Å². The van der Waals surface area contributed by atoms with Crippen LogP contribution >= 0.6 is 0 Å². The van der Waals surface area contributed by atoms with Crippen LogP contribution in [-0.2, 0) is 9.59 Å². The summed E-state index contributed by atoms with van der Waals surface area (Å²) >= 11 is 0. The van der Waals surface area contributed by atoms with Crippen LogP contribution in [0.25, 0.3) is 0 Å². The second-order valence-electron chi connectivity index (χ2n) is 6.54. The predicted molar refractivity (Wildman–Crippen MR) is 93.6 cm³/mol. The first-order valence-corrected chi connectivity index (χ1v) is 8.60. The number of hydrogen-bond acceptors (Lipinski definition) is 4. The van der Waals surface area contributed by atoms with Crippen molar-refractivity contribution >= 4 is 23.2 Å². The summed E-state index contributed by atoms with van der Waals surface area (Å²) in [5.41, 5.74) is 6.73. The maximum absolute atomic E-state index is 12.9. The minimum absolute atomic E-state index is 0.0616. The van der Waals surface area contributed by atoms with Gasteiger partial charge < -0.3 is 10.6 Å². The molecule has 1 saturated carbocycles. The van der Waals surface area contributed by atoms with E-state index in [4.69, 9.17) is 5.73 Å². The molecule has 1 atom stereocenters. The van der Waals surface area contributed by atoms with E-state index in [0.29, 0.717) is 11.6 Å². The number of primary amides is 1. The smallest absolute Gasteiger partial charge is 0.270 e. The molecule has 0 radical (unpaired) electrons. The van der Waals surface area contributed by atoms with E-state index in [9.17, 15) is 9.59 Å². The molecule has 1 aromatic rings. The standard InChI is InChI=1S/C18H24N4O2/c1-2-10-21(12-13-8-9-13)18(24)15-11-16(17(19)23)22(20-15)14-6-4-3-5-7-14/h3-7,13,16H,2,8-12H2,1H3,(H2,19,23). The molecule has 1 aromatic carbocycles. The Morgan fingerprint density at radius 3 is 2.58 bits per heavy atom. The van der Waals surface area contributed by atoms with E-state index in [1.165, 1.54) is 12.8 Å². The number of amides is 2. The third-order valence-electron chi connectivity index (χ3n) is 4.46. The van der Waals surface area contributed by atoms with Crippen LogP contribution in [0.5, 0.6) is 0 Å². The molecule has 1 aliphatic heterocycles. The van der Waals surface area contributed by atoms with Gasteiger partial charge in [-0.2, -0.15) is 5.10 Å². The minimum atomic E-state index is -0.601. The highest BCUT2D eigenvalue weighted by atomic mass is 16.2. The average Bonchev–Trinajstić information content (AvgIpc) is 3.28. The quantitative estimate of drug-likeness (QED) is 0.828. The predicted octanol–water partition coefficient (Wildman–Crippen LogP) is 1.76. The van der Waals surface area contributed by atoms with Gasteiger partial charge in [0.25, 0.3) is 5.91 Å². The summed E-state index contributed by atoms with van der Waals surface area (Å²) in [5.74, 6) is 0.0998. The van der Waals surface area contributed by atoms with E-state index < -0.39 is 11.9 Å². The lowest BCUT2D eigenvalue weighted by Gasteiger charge is -2.21. The minimum Gasteiger partial charge on any atom is -0.368 e. The van der Waals surface area contributed by atoms with Crippen LogP contribution in [0, 0.1) is 5.92 Å². The number of hydrazone groups is 1. The Morgan fingerprint density at radius 1 is 1.29 bits per heavy atom. The average molecular weight is 328 g/mol. The second kappa shape index (κ2) is 7.03. The molecule has 6 heteroatoms. The van der Waals surface area contributed by atoms with Gasteiger partial charge in [-0.25, -0.2) is 0 Å². The molecule has 2 N–H and O–H groups in total. The number of para-hydroxylation sites is 1. The van der Waals surface area contributed by atoms with Gasteiger partial charge in [-0.05, 0) is 37.3 Å². The molecule has 1 unspecified atom stereocenters. The van der Waals surface area contributed by atoms with Crippen molar-refractivity contribution in [2.24, 2.45) is 16.8 Å². The Labute approximate surface area is 142 Å². The van der Waals surface area contributed by atoms with E-state index in [2.05, 4.69) is 12.0 Å². The zero-order valence-electron chi connectivity index (χ0n) is 14.0. The first kappa shape index (κ1) is 16.5. The van der Waals surface area contributed by atoms with Gasteiger partial charge in [0.1, 0.15) is 11.8 Å². The van der Waals surface area contributed by atoms with Crippen LogP contribution < -0.4 is 10.7 Å². The number of carbonyl (C=O) groups is 2. The zero-order chi connectivity index (χ0) is 17.1. The van der Waals surface area contributed by atoms with Crippen molar-refractivity contribution in [3.63, 3.8) is 0 Å². The van der Waals surface area contributed by atoms with Crippen molar-refractivity contribution in [2.45, 2.75) is 38.6 Å². The van der Waals surface area contributed by atoms with Gasteiger partial charge in [0.05, 0.1) is 5.69 Å².